The maximum Gasteiger partial charge on any atom is 0.331 e. The predicted molar refractivity (Wildman–Crippen MR) is 140 cm³/mol. The van der Waals surface area contributed by atoms with Gasteiger partial charge in [0.05, 0.1) is 10.9 Å². The molecule has 6 nitrogen and oxygen atoms in total. The highest BCUT2D eigenvalue weighted by Crippen LogP contribution is 2.44. The van der Waals surface area contributed by atoms with Gasteiger partial charge < -0.3 is 14.1 Å². The fourth-order valence-corrected chi connectivity index (χ4v) is 5.76. The molecule has 6 heteroatoms. The summed E-state index contributed by atoms with van der Waals surface area (Å²) in [6.07, 6.45) is 5.99. The van der Waals surface area contributed by atoms with Crippen LogP contribution < -0.4 is 4.74 Å². The second-order valence-corrected chi connectivity index (χ2v) is 9.78. The molecular formula is C30H28N2O4. The van der Waals surface area contributed by atoms with Crippen molar-refractivity contribution >= 4 is 39.3 Å². The van der Waals surface area contributed by atoms with Crippen molar-refractivity contribution < 1.29 is 19.2 Å². The average Bonchev–Trinajstić information content (AvgIpc) is 3.46. The molecule has 1 fully saturated rings. The van der Waals surface area contributed by atoms with Gasteiger partial charge in [-0.15, -0.1) is 0 Å². The highest BCUT2D eigenvalue weighted by Gasteiger charge is 2.29. The fourth-order valence-electron chi connectivity index (χ4n) is 5.76. The molecule has 4 aromatic rings. The number of oxime groups is 1. The molecule has 3 aromatic carbocycles. The van der Waals surface area contributed by atoms with Crippen LogP contribution in [0.1, 0.15) is 72.1 Å². The van der Waals surface area contributed by atoms with E-state index in [1.807, 2.05) is 49.4 Å². The molecule has 1 aromatic heterocycles. The van der Waals surface area contributed by atoms with Crippen LogP contribution in [0.3, 0.4) is 0 Å². The van der Waals surface area contributed by atoms with E-state index in [1.54, 1.807) is 0 Å². The summed E-state index contributed by atoms with van der Waals surface area (Å²) in [7, 11) is 0. The van der Waals surface area contributed by atoms with Gasteiger partial charge in [-0.25, -0.2) is 4.79 Å². The van der Waals surface area contributed by atoms with Gasteiger partial charge in [0.15, 0.2) is 5.78 Å². The first kappa shape index (κ1) is 22.5. The molecule has 1 aliphatic heterocycles. The number of carbonyl (C=O) groups is 2. The van der Waals surface area contributed by atoms with Gasteiger partial charge in [-0.05, 0) is 55.7 Å². The topological polar surface area (TPSA) is 69.9 Å². The van der Waals surface area contributed by atoms with E-state index in [4.69, 9.17) is 9.57 Å². The summed E-state index contributed by atoms with van der Waals surface area (Å²) in [5, 5.41) is 6.01. The summed E-state index contributed by atoms with van der Waals surface area (Å²) in [6.45, 7) is 3.53. The quantitative estimate of drug-likeness (QED) is 0.190. The van der Waals surface area contributed by atoms with Crippen molar-refractivity contribution in [2.75, 3.05) is 6.61 Å². The third-order valence-corrected chi connectivity index (χ3v) is 7.46. The van der Waals surface area contributed by atoms with Crippen LogP contribution in [-0.4, -0.2) is 28.6 Å². The number of rotatable bonds is 4. The molecule has 0 amide bonds. The monoisotopic (exact) mass is 480 g/mol. The maximum atomic E-state index is 13.5. The molecule has 0 atom stereocenters. The fraction of sp³-hybridized carbons (Fsp3) is 0.300. The summed E-state index contributed by atoms with van der Waals surface area (Å²) in [5.41, 5.74) is 5.96. The van der Waals surface area contributed by atoms with Crippen molar-refractivity contribution in [3.63, 3.8) is 0 Å². The Morgan fingerprint density at radius 1 is 1.00 bits per heavy atom. The summed E-state index contributed by atoms with van der Waals surface area (Å²) >= 11 is 0. The highest BCUT2D eigenvalue weighted by molar-refractivity contribution is 6.20. The molecule has 0 spiro atoms. The van der Waals surface area contributed by atoms with Crippen LogP contribution in [0.15, 0.2) is 59.8 Å². The molecular weight excluding hydrogens is 452 g/mol. The lowest BCUT2D eigenvalue weighted by molar-refractivity contribution is -0.140. The number of carbonyl (C=O) groups excluding carboxylic acids is 2. The van der Waals surface area contributed by atoms with Crippen molar-refractivity contribution in [3.05, 3.63) is 76.9 Å². The van der Waals surface area contributed by atoms with Crippen molar-refractivity contribution in [1.82, 2.24) is 4.57 Å². The Bertz CT molecular complexity index is 1560. The molecule has 36 heavy (non-hydrogen) atoms. The van der Waals surface area contributed by atoms with Crippen LogP contribution in [0.2, 0.25) is 0 Å². The van der Waals surface area contributed by atoms with Crippen LogP contribution in [0.25, 0.3) is 21.8 Å². The van der Waals surface area contributed by atoms with E-state index in [0.717, 1.165) is 51.5 Å². The van der Waals surface area contributed by atoms with Gasteiger partial charge in [-0.1, -0.05) is 48.7 Å². The van der Waals surface area contributed by atoms with Crippen molar-refractivity contribution in [2.24, 2.45) is 5.16 Å². The van der Waals surface area contributed by atoms with E-state index in [1.165, 1.54) is 26.2 Å². The van der Waals surface area contributed by atoms with Gasteiger partial charge in [0.1, 0.15) is 18.1 Å². The molecule has 0 N–H and O–H groups in total. The third kappa shape index (κ3) is 3.68. The average molecular weight is 481 g/mol. The lowest BCUT2D eigenvalue weighted by atomic mass is 9.95. The SMILES string of the molecule is CC(=O)O/N=C1\COc2c1ccc1c2c2cc(C(=O)c3ccccc3C)ccc2n1C1CCCCC1. The van der Waals surface area contributed by atoms with Crippen LogP contribution in [0.5, 0.6) is 5.75 Å². The lowest BCUT2D eigenvalue weighted by Gasteiger charge is -2.25. The molecule has 2 heterocycles. The summed E-state index contributed by atoms with van der Waals surface area (Å²) in [5.74, 6) is 0.280. The van der Waals surface area contributed by atoms with Crippen molar-refractivity contribution in [3.8, 4) is 5.75 Å². The molecule has 6 rings (SSSR count). The van der Waals surface area contributed by atoms with Gasteiger partial charge in [-0.2, -0.15) is 0 Å². The molecule has 1 saturated carbocycles. The number of hydrogen-bond acceptors (Lipinski definition) is 5. The Balaban J connectivity index is 1.58. The van der Waals surface area contributed by atoms with Gasteiger partial charge in [0.25, 0.3) is 0 Å². The first-order chi connectivity index (χ1) is 17.5. The third-order valence-electron chi connectivity index (χ3n) is 7.46. The van der Waals surface area contributed by atoms with E-state index in [9.17, 15) is 9.59 Å². The summed E-state index contributed by atoms with van der Waals surface area (Å²) < 4.78 is 8.59. The number of benzene rings is 3. The molecule has 182 valence electrons. The second kappa shape index (κ2) is 8.94. The standard InChI is InChI=1S/C30H28N2O4/c1-18-8-6-7-11-22(18)29(34)20-12-14-26-24(16-20)28-27(32(26)21-9-4-3-5-10-21)15-13-23-25(17-35-30(23)28)31-36-19(2)33/h6-8,11-16,21H,3-5,9-10,17H2,1-2H3/b31-25+. The van der Waals surface area contributed by atoms with E-state index < -0.39 is 5.97 Å². The Morgan fingerprint density at radius 3 is 2.56 bits per heavy atom. The van der Waals surface area contributed by atoms with Crippen molar-refractivity contribution in [2.45, 2.75) is 52.0 Å². The largest absolute Gasteiger partial charge is 0.486 e. The number of aromatic nitrogens is 1. The summed E-state index contributed by atoms with van der Waals surface area (Å²) in [4.78, 5) is 29.7. The number of nitrogens with zero attached hydrogens (tertiary/aromatic N) is 2. The number of aryl methyl sites for hydroxylation is 1. The molecule has 1 aliphatic carbocycles. The number of ketones is 1. The van der Waals surface area contributed by atoms with Crippen LogP contribution in [-0.2, 0) is 9.63 Å². The van der Waals surface area contributed by atoms with Crippen LogP contribution >= 0.6 is 0 Å². The van der Waals surface area contributed by atoms with Crippen molar-refractivity contribution in [1.29, 1.82) is 0 Å². The molecule has 2 aliphatic rings. The minimum atomic E-state index is -0.467. The van der Waals surface area contributed by atoms with E-state index in [2.05, 4.69) is 21.9 Å². The smallest absolute Gasteiger partial charge is 0.331 e. The molecule has 0 radical (unpaired) electrons. The number of ether oxygens (including phenoxy) is 1. The Hall–Kier alpha value is -3.93. The zero-order valence-electron chi connectivity index (χ0n) is 20.5. The summed E-state index contributed by atoms with van der Waals surface area (Å²) in [6, 6.07) is 18.3. The number of hydrogen-bond donors (Lipinski definition) is 0. The van der Waals surface area contributed by atoms with Gasteiger partial charge >= 0.3 is 5.97 Å². The first-order valence-corrected chi connectivity index (χ1v) is 12.6. The Morgan fingerprint density at radius 2 is 1.78 bits per heavy atom. The van der Waals surface area contributed by atoms with E-state index in [0.29, 0.717) is 22.9 Å². The minimum Gasteiger partial charge on any atom is -0.486 e. The van der Waals surface area contributed by atoms with Gasteiger partial charge in [0, 0.05) is 40.6 Å². The van der Waals surface area contributed by atoms with Gasteiger partial charge in [-0.3, -0.25) is 4.79 Å². The Labute approximate surface area is 209 Å². The van der Waals surface area contributed by atoms with Gasteiger partial charge in [0.2, 0.25) is 0 Å². The minimum absolute atomic E-state index is 0.0131. The normalized spacial score (nSPS) is 16.9. The number of fused-ring (bicyclic) bond motifs is 5. The highest BCUT2D eigenvalue weighted by atomic mass is 16.7. The maximum absolute atomic E-state index is 13.5. The zero-order chi connectivity index (χ0) is 24.8. The predicted octanol–water partition coefficient (Wildman–Crippen LogP) is 6.50. The molecule has 0 unspecified atom stereocenters. The van der Waals surface area contributed by atoms with Crippen LogP contribution in [0, 0.1) is 6.92 Å². The lowest BCUT2D eigenvalue weighted by Crippen LogP contribution is -2.12. The Kier molecular flexibility index (Phi) is 5.59. The first-order valence-electron chi connectivity index (χ1n) is 12.6. The molecule has 0 saturated heterocycles. The zero-order valence-corrected chi connectivity index (χ0v) is 20.5. The second-order valence-electron chi connectivity index (χ2n) is 9.78. The van der Waals surface area contributed by atoms with Crippen LogP contribution in [0.4, 0.5) is 0 Å². The van der Waals surface area contributed by atoms with E-state index in [-0.39, 0.29) is 12.4 Å². The molecule has 0 bridgehead atoms. The van der Waals surface area contributed by atoms with E-state index >= 15 is 0 Å².